The lowest BCUT2D eigenvalue weighted by molar-refractivity contribution is -0.131. The van der Waals surface area contributed by atoms with E-state index in [-0.39, 0.29) is 29.9 Å². The fourth-order valence-electron chi connectivity index (χ4n) is 3.00. The summed E-state index contributed by atoms with van der Waals surface area (Å²) in [5, 5.41) is 7.84. The normalized spacial score (nSPS) is 14.6. The Labute approximate surface area is 187 Å². The summed E-state index contributed by atoms with van der Waals surface area (Å²) < 4.78 is 4.84. The van der Waals surface area contributed by atoms with Crippen LogP contribution in [0.5, 0.6) is 0 Å². The molecule has 1 aromatic carbocycles. The summed E-state index contributed by atoms with van der Waals surface area (Å²) >= 11 is 6.00. The molecule has 1 fully saturated rings. The van der Waals surface area contributed by atoms with Crippen LogP contribution in [0.1, 0.15) is 18.2 Å². The number of rotatable bonds is 5. The van der Waals surface area contributed by atoms with Crippen LogP contribution in [0.4, 0.5) is 0 Å². The topological polar surface area (TPSA) is 74.0 Å². The summed E-state index contributed by atoms with van der Waals surface area (Å²) in [6.07, 6.45) is 1.92. The van der Waals surface area contributed by atoms with Gasteiger partial charge in [0.2, 0.25) is 5.91 Å². The Bertz CT molecular complexity index is 776. The second-order valence-corrected chi connectivity index (χ2v) is 6.77. The van der Waals surface area contributed by atoms with E-state index in [1.807, 2.05) is 36.1 Å². The minimum Gasteiger partial charge on any atom is -0.364 e. The Hall–Kier alpha value is -1.81. The number of hydrogen-bond acceptors (Lipinski definition) is 4. The first-order valence-electron chi connectivity index (χ1n) is 9.10. The predicted molar refractivity (Wildman–Crippen MR) is 120 cm³/mol. The van der Waals surface area contributed by atoms with Crippen molar-refractivity contribution in [3.63, 3.8) is 0 Å². The molecule has 2 aromatic rings. The van der Waals surface area contributed by atoms with Gasteiger partial charge in [-0.2, -0.15) is 0 Å². The van der Waals surface area contributed by atoms with Crippen LogP contribution in [0.15, 0.2) is 46.1 Å². The first-order valence-corrected chi connectivity index (χ1v) is 9.48. The third-order valence-corrected chi connectivity index (χ3v) is 4.63. The molecule has 1 aliphatic heterocycles. The Morgan fingerprint density at radius 3 is 2.64 bits per heavy atom. The van der Waals surface area contributed by atoms with Crippen LogP contribution in [-0.4, -0.2) is 59.5 Å². The highest BCUT2D eigenvalue weighted by atomic mass is 127. The molecule has 0 bridgehead atoms. The molecule has 0 radical (unpaired) electrons. The van der Waals surface area contributed by atoms with E-state index in [0.29, 0.717) is 31.1 Å². The zero-order valence-electron chi connectivity index (χ0n) is 15.8. The van der Waals surface area contributed by atoms with Crippen molar-refractivity contribution in [1.82, 2.24) is 20.3 Å². The average molecular weight is 518 g/mol. The van der Waals surface area contributed by atoms with Gasteiger partial charge in [0.05, 0.1) is 13.0 Å². The molecule has 1 saturated heterocycles. The molecule has 28 heavy (non-hydrogen) atoms. The summed E-state index contributed by atoms with van der Waals surface area (Å²) in [4.78, 5) is 21.3. The van der Waals surface area contributed by atoms with Gasteiger partial charge in [-0.05, 0) is 24.6 Å². The molecular formula is C19H25ClIN5O2. The quantitative estimate of drug-likeness (QED) is 0.375. The number of amides is 1. The lowest BCUT2D eigenvalue weighted by atomic mass is 10.1. The summed E-state index contributed by atoms with van der Waals surface area (Å²) in [7, 11) is 0. The molecule has 9 heteroatoms. The average Bonchev–Trinajstić information content (AvgIpc) is 3.19. The Morgan fingerprint density at radius 1 is 1.25 bits per heavy atom. The molecule has 0 saturated carbocycles. The van der Waals surface area contributed by atoms with E-state index in [2.05, 4.69) is 20.4 Å². The molecule has 3 rings (SSSR count). The second-order valence-electron chi connectivity index (χ2n) is 6.34. The third kappa shape index (κ3) is 6.37. The van der Waals surface area contributed by atoms with E-state index in [1.54, 1.807) is 12.3 Å². The van der Waals surface area contributed by atoms with Crippen molar-refractivity contribution in [3.05, 3.63) is 52.9 Å². The first-order chi connectivity index (χ1) is 13.2. The standard InChI is InChI=1S/C19H24ClN5O2.HI/c1-2-21-19(22-14-17-6-11-27-23-17)25-9-7-24(8-10-25)18(26)13-15-4-3-5-16(20)12-15;/h3-6,11-12H,2,7-10,13-14H2,1H3,(H,21,22);1H. The summed E-state index contributed by atoms with van der Waals surface area (Å²) in [5.74, 6) is 0.962. The van der Waals surface area contributed by atoms with Gasteiger partial charge in [0.15, 0.2) is 5.96 Å². The van der Waals surface area contributed by atoms with Gasteiger partial charge < -0.3 is 19.6 Å². The van der Waals surface area contributed by atoms with Crippen LogP contribution in [0.3, 0.4) is 0 Å². The van der Waals surface area contributed by atoms with Gasteiger partial charge in [-0.25, -0.2) is 4.99 Å². The van der Waals surface area contributed by atoms with E-state index < -0.39 is 0 Å². The van der Waals surface area contributed by atoms with Crippen molar-refractivity contribution >= 4 is 47.4 Å². The number of aromatic nitrogens is 1. The number of guanidine groups is 1. The van der Waals surface area contributed by atoms with Gasteiger partial charge in [0.25, 0.3) is 0 Å². The molecule has 1 aliphatic rings. The number of halogens is 2. The zero-order valence-corrected chi connectivity index (χ0v) is 18.9. The molecule has 1 N–H and O–H groups in total. The zero-order chi connectivity index (χ0) is 19.1. The predicted octanol–water partition coefficient (Wildman–Crippen LogP) is 2.80. The van der Waals surface area contributed by atoms with E-state index in [1.165, 1.54) is 0 Å². The molecule has 0 aliphatic carbocycles. The van der Waals surface area contributed by atoms with E-state index >= 15 is 0 Å². The monoisotopic (exact) mass is 517 g/mol. The van der Waals surface area contributed by atoms with Crippen LogP contribution in [0.25, 0.3) is 0 Å². The molecular weight excluding hydrogens is 493 g/mol. The second kappa shape index (κ2) is 11.3. The lowest BCUT2D eigenvalue weighted by Crippen LogP contribution is -2.54. The minimum absolute atomic E-state index is 0. The Morgan fingerprint density at radius 2 is 2.00 bits per heavy atom. The van der Waals surface area contributed by atoms with Gasteiger partial charge in [0, 0.05) is 43.8 Å². The number of carbonyl (C=O) groups excluding carboxylic acids is 1. The van der Waals surface area contributed by atoms with Crippen molar-refractivity contribution in [2.75, 3.05) is 32.7 Å². The summed E-state index contributed by atoms with van der Waals surface area (Å²) in [6, 6.07) is 9.26. The van der Waals surface area contributed by atoms with Crippen molar-refractivity contribution in [3.8, 4) is 0 Å². The molecule has 2 heterocycles. The fraction of sp³-hybridized carbons (Fsp3) is 0.421. The number of nitrogens with zero attached hydrogens (tertiary/aromatic N) is 4. The number of carbonyl (C=O) groups is 1. The van der Waals surface area contributed by atoms with Crippen molar-refractivity contribution in [2.45, 2.75) is 19.9 Å². The van der Waals surface area contributed by atoms with Crippen LogP contribution in [-0.2, 0) is 17.8 Å². The highest BCUT2D eigenvalue weighted by molar-refractivity contribution is 14.0. The summed E-state index contributed by atoms with van der Waals surface area (Å²) in [6.45, 7) is 6.12. The van der Waals surface area contributed by atoms with Crippen molar-refractivity contribution < 1.29 is 9.32 Å². The molecule has 0 atom stereocenters. The van der Waals surface area contributed by atoms with E-state index in [0.717, 1.165) is 36.9 Å². The maximum Gasteiger partial charge on any atom is 0.227 e. The number of benzene rings is 1. The number of nitrogens with one attached hydrogen (secondary N) is 1. The number of piperazine rings is 1. The van der Waals surface area contributed by atoms with Gasteiger partial charge >= 0.3 is 0 Å². The number of hydrogen-bond donors (Lipinski definition) is 1. The highest BCUT2D eigenvalue weighted by Crippen LogP contribution is 2.13. The smallest absolute Gasteiger partial charge is 0.227 e. The fourth-order valence-corrected chi connectivity index (χ4v) is 3.21. The van der Waals surface area contributed by atoms with Gasteiger partial charge in [-0.3, -0.25) is 4.79 Å². The van der Waals surface area contributed by atoms with E-state index in [9.17, 15) is 4.79 Å². The first kappa shape index (κ1) is 22.5. The van der Waals surface area contributed by atoms with Crippen molar-refractivity contribution in [1.29, 1.82) is 0 Å². The number of aliphatic imine (C=N–C) groups is 1. The van der Waals surface area contributed by atoms with Gasteiger partial charge in [0.1, 0.15) is 12.0 Å². The van der Waals surface area contributed by atoms with Crippen LogP contribution >= 0.6 is 35.6 Å². The maximum atomic E-state index is 12.6. The van der Waals surface area contributed by atoms with Gasteiger partial charge in [-0.15, -0.1) is 24.0 Å². The Balaban J connectivity index is 0.00000280. The van der Waals surface area contributed by atoms with E-state index in [4.69, 9.17) is 16.1 Å². The molecule has 0 unspecified atom stereocenters. The molecule has 152 valence electrons. The van der Waals surface area contributed by atoms with Crippen LogP contribution in [0, 0.1) is 0 Å². The lowest BCUT2D eigenvalue weighted by Gasteiger charge is -2.36. The molecule has 7 nitrogen and oxygen atoms in total. The minimum atomic E-state index is 0. The van der Waals surface area contributed by atoms with Crippen molar-refractivity contribution in [2.24, 2.45) is 4.99 Å². The highest BCUT2D eigenvalue weighted by Gasteiger charge is 2.23. The van der Waals surface area contributed by atoms with Crippen LogP contribution < -0.4 is 5.32 Å². The molecule has 0 spiro atoms. The van der Waals surface area contributed by atoms with Gasteiger partial charge in [-0.1, -0.05) is 28.9 Å². The largest absolute Gasteiger partial charge is 0.364 e. The third-order valence-electron chi connectivity index (χ3n) is 4.39. The van der Waals surface area contributed by atoms with Crippen LogP contribution in [0.2, 0.25) is 5.02 Å². The summed E-state index contributed by atoms with van der Waals surface area (Å²) in [5.41, 5.74) is 1.73. The SMILES string of the molecule is CCNC(=NCc1ccon1)N1CCN(C(=O)Cc2cccc(Cl)c2)CC1.I. The molecule has 1 amide bonds. The maximum absolute atomic E-state index is 12.6. The molecule has 1 aromatic heterocycles. The Kier molecular flexibility index (Phi) is 9.04.